The van der Waals surface area contributed by atoms with Crippen LogP contribution in [0.1, 0.15) is 20.3 Å². The lowest BCUT2D eigenvalue weighted by Crippen LogP contribution is -2.30. The second kappa shape index (κ2) is 8.76. The molecule has 0 aromatic heterocycles. The second-order valence-corrected chi connectivity index (χ2v) is 5.39. The highest BCUT2D eigenvalue weighted by molar-refractivity contribution is 7.80. The van der Waals surface area contributed by atoms with Gasteiger partial charge in [-0.05, 0) is 38.6 Å². The van der Waals surface area contributed by atoms with E-state index in [0.29, 0.717) is 29.0 Å². The van der Waals surface area contributed by atoms with Crippen LogP contribution < -0.4 is 10.6 Å². The van der Waals surface area contributed by atoms with Crippen molar-refractivity contribution in [3.63, 3.8) is 0 Å². The molecule has 0 aliphatic rings. The zero-order valence-electron chi connectivity index (χ0n) is 11.9. The standard InChI is InChI=1S/C13H18ClN3O3S/c1-9(2)20-7-3-6-15-13(21)16-12-8-10(17(18)19)4-5-11(12)14/h4-5,8-9H,3,6-7H2,1-2H3,(H2,15,16,21). The molecule has 0 aliphatic carbocycles. The predicted octanol–water partition coefficient (Wildman–Crippen LogP) is 3.35. The number of non-ortho nitro benzene ring substituents is 1. The number of hydrogen-bond acceptors (Lipinski definition) is 4. The number of rotatable bonds is 7. The van der Waals surface area contributed by atoms with Crippen molar-refractivity contribution < 1.29 is 9.66 Å². The first-order valence-corrected chi connectivity index (χ1v) is 7.29. The van der Waals surface area contributed by atoms with Crippen molar-refractivity contribution in [2.45, 2.75) is 26.4 Å². The fourth-order valence-electron chi connectivity index (χ4n) is 1.48. The molecule has 0 bridgehead atoms. The first-order chi connectivity index (χ1) is 9.90. The van der Waals surface area contributed by atoms with Gasteiger partial charge in [0, 0.05) is 25.3 Å². The van der Waals surface area contributed by atoms with Crippen molar-refractivity contribution in [1.29, 1.82) is 0 Å². The van der Waals surface area contributed by atoms with Gasteiger partial charge in [0.2, 0.25) is 0 Å². The largest absolute Gasteiger partial charge is 0.379 e. The minimum Gasteiger partial charge on any atom is -0.379 e. The molecule has 0 saturated heterocycles. The summed E-state index contributed by atoms with van der Waals surface area (Å²) in [6, 6.07) is 4.15. The van der Waals surface area contributed by atoms with Crippen LogP contribution in [0.15, 0.2) is 18.2 Å². The van der Waals surface area contributed by atoms with Crippen molar-refractivity contribution in [2.24, 2.45) is 0 Å². The molecular formula is C13H18ClN3O3S. The zero-order valence-corrected chi connectivity index (χ0v) is 13.5. The van der Waals surface area contributed by atoms with Crippen LogP contribution >= 0.6 is 23.8 Å². The number of ether oxygens (including phenoxy) is 1. The number of halogens is 1. The fourth-order valence-corrected chi connectivity index (χ4v) is 1.86. The number of benzene rings is 1. The summed E-state index contributed by atoms with van der Waals surface area (Å²) in [6.45, 7) is 5.24. The number of anilines is 1. The second-order valence-electron chi connectivity index (χ2n) is 4.58. The molecule has 1 aromatic rings. The summed E-state index contributed by atoms with van der Waals surface area (Å²) >= 11 is 11.1. The lowest BCUT2D eigenvalue weighted by molar-refractivity contribution is -0.384. The van der Waals surface area contributed by atoms with E-state index in [0.717, 1.165) is 6.42 Å². The van der Waals surface area contributed by atoms with Gasteiger partial charge in [0.1, 0.15) is 0 Å². The van der Waals surface area contributed by atoms with Crippen molar-refractivity contribution in [1.82, 2.24) is 5.32 Å². The molecule has 0 amide bonds. The first-order valence-electron chi connectivity index (χ1n) is 6.50. The van der Waals surface area contributed by atoms with E-state index >= 15 is 0 Å². The Labute approximate surface area is 134 Å². The Bertz CT molecular complexity index is 511. The van der Waals surface area contributed by atoms with E-state index in [9.17, 15) is 10.1 Å². The Hall–Kier alpha value is -1.44. The Morgan fingerprint density at radius 3 is 2.86 bits per heavy atom. The molecule has 1 rings (SSSR count). The van der Waals surface area contributed by atoms with E-state index in [1.807, 2.05) is 13.8 Å². The maximum Gasteiger partial charge on any atom is 0.271 e. The van der Waals surface area contributed by atoms with Crippen LogP contribution in [0.2, 0.25) is 5.02 Å². The van der Waals surface area contributed by atoms with E-state index in [1.54, 1.807) is 0 Å². The van der Waals surface area contributed by atoms with E-state index in [2.05, 4.69) is 10.6 Å². The van der Waals surface area contributed by atoms with Gasteiger partial charge in [0.05, 0.1) is 21.7 Å². The maximum atomic E-state index is 10.7. The topological polar surface area (TPSA) is 76.4 Å². The highest BCUT2D eigenvalue weighted by Crippen LogP contribution is 2.26. The average Bonchev–Trinajstić information content (AvgIpc) is 2.40. The Morgan fingerprint density at radius 1 is 1.52 bits per heavy atom. The van der Waals surface area contributed by atoms with E-state index in [4.69, 9.17) is 28.6 Å². The Morgan fingerprint density at radius 2 is 2.24 bits per heavy atom. The number of hydrogen-bond donors (Lipinski definition) is 2. The lowest BCUT2D eigenvalue weighted by Gasteiger charge is -2.12. The van der Waals surface area contributed by atoms with Crippen LogP contribution in [-0.2, 0) is 4.74 Å². The summed E-state index contributed by atoms with van der Waals surface area (Å²) in [4.78, 5) is 10.2. The number of nitrogens with one attached hydrogen (secondary N) is 2. The third kappa shape index (κ3) is 6.70. The third-order valence-corrected chi connectivity index (χ3v) is 3.04. The van der Waals surface area contributed by atoms with Gasteiger partial charge in [-0.1, -0.05) is 11.6 Å². The van der Waals surface area contributed by atoms with Crippen LogP contribution in [0, 0.1) is 10.1 Å². The van der Waals surface area contributed by atoms with Gasteiger partial charge < -0.3 is 15.4 Å². The molecule has 0 heterocycles. The predicted molar refractivity (Wildman–Crippen MR) is 88.0 cm³/mol. The summed E-state index contributed by atoms with van der Waals surface area (Å²) in [5, 5.41) is 17.3. The molecule has 0 spiro atoms. The van der Waals surface area contributed by atoms with Crippen LogP contribution in [0.4, 0.5) is 11.4 Å². The Kier molecular flexibility index (Phi) is 7.35. The summed E-state index contributed by atoms with van der Waals surface area (Å²) in [5.41, 5.74) is 0.358. The quantitative estimate of drug-likeness (QED) is 0.345. The molecule has 21 heavy (non-hydrogen) atoms. The minimum absolute atomic E-state index is 0.0463. The molecular weight excluding hydrogens is 314 g/mol. The molecule has 116 valence electrons. The van der Waals surface area contributed by atoms with Crippen molar-refractivity contribution in [2.75, 3.05) is 18.5 Å². The molecule has 6 nitrogen and oxygen atoms in total. The highest BCUT2D eigenvalue weighted by Gasteiger charge is 2.10. The van der Waals surface area contributed by atoms with Crippen LogP contribution in [0.25, 0.3) is 0 Å². The molecule has 1 aromatic carbocycles. The van der Waals surface area contributed by atoms with Crippen molar-refractivity contribution in [3.05, 3.63) is 33.3 Å². The number of nitrogens with zero attached hydrogens (tertiary/aromatic N) is 1. The van der Waals surface area contributed by atoms with E-state index in [-0.39, 0.29) is 11.8 Å². The molecule has 0 unspecified atom stereocenters. The molecule has 0 saturated carbocycles. The van der Waals surface area contributed by atoms with Crippen LogP contribution in [0.3, 0.4) is 0 Å². The monoisotopic (exact) mass is 331 g/mol. The third-order valence-electron chi connectivity index (χ3n) is 2.47. The van der Waals surface area contributed by atoms with Crippen LogP contribution in [-0.4, -0.2) is 29.3 Å². The van der Waals surface area contributed by atoms with Gasteiger partial charge in [-0.25, -0.2) is 0 Å². The first kappa shape index (κ1) is 17.6. The van der Waals surface area contributed by atoms with Gasteiger partial charge in [0.15, 0.2) is 5.11 Å². The lowest BCUT2D eigenvalue weighted by atomic mass is 10.3. The van der Waals surface area contributed by atoms with Crippen LogP contribution in [0.5, 0.6) is 0 Å². The van der Waals surface area contributed by atoms with E-state index < -0.39 is 4.92 Å². The molecule has 2 N–H and O–H groups in total. The van der Waals surface area contributed by atoms with Crippen molar-refractivity contribution >= 4 is 40.3 Å². The molecule has 0 atom stereocenters. The summed E-state index contributed by atoms with van der Waals surface area (Å²) < 4.78 is 5.40. The number of thiocarbonyl (C=S) groups is 1. The number of nitro benzene ring substituents is 1. The van der Waals surface area contributed by atoms with Gasteiger partial charge >= 0.3 is 0 Å². The average molecular weight is 332 g/mol. The van der Waals surface area contributed by atoms with Gasteiger partial charge in [0.25, 0.3) is 5.69 Å². The SMILES string of the molecule is CC(C)OCCCNC(=S)Nc1cc([N+](=O)[O-])ccc1Cl. The Balaban J connectivity index is 2.44. The highest BCUT2D eigenvalue weighted by atomic mass is 35.5. The zero-order chi connectivity index (χ0) is 15.8. The van der Waals surface area contributed by atoms with E-state index in [1.165, 1.54) is 18.2 Å². The number of nitro groups is 1. The van der Waals surface area contributed by atoms with Gasteiger partial charge in [-0.3, -0.25) is 10.1 Å². The maximum absolute atomic E-state index is 10.7. The molecule has 8 heteroatoms. The summed E-state index contributed by atoms with van der Waals surface area (Å²) in [7, 11) is 0. The van der Waals surface area contributed by atoms with Crippen molar-refractivity contribution in [3.8, 4) is 0 Å². The summed E-state index contributed by atoms with van der Waals surface area (Å²) in [6.07, 6.45) is 1.02. The minimum atomic E-state index is -0.485. The summed E-state index contributed by atoms with van der Waals surface area (Å²) in [5.74, 6) is 0. The fraction of sp³-hybridized carbons (Fsp3) is 0.462. The molecule has 0 radical (unpaired) electrons. The molecule has 0 fully saturated rings. The smallest absolute Gasteiger partial charge is 0.271 e. The molecule has 0 aliphatic heterocycles. The van der Waals surface area contributed by atoms with Gasteiger partial charge in [-0.2, -0.15) is 0 Å². The normalized spacial score (nSPS) is 10.5. The van der Waals surface area contributed by atoms with Gasteiger partial charge in [-0.15, -0.1) is 0 Å².